The molecule has 6 rings (SSSR count). The van der Waals surface area contributed by atoms with E-state index in [4.69, 9.17) is 9.72 Å². The van der Waals surface area contributed by atoms with Gasteiger partial charge in [0.05, 0.1) is 24.0 Å². The van der Waals surface area contributed by atoms with Crippen molar-refractivity contribution in [2.24, 2.45) is 0 Å². The van der Waals surface area contributed by atoms with Crippen molar-refractivity contribution in [3.05, 3.63) is 35.1 Å². The third-order valence-electron chi connectivity index (χ3n) is 8.51. The smallest absolute Gasteiger partial charge is 0.279 e. The molecule has 3 aliphatic heterocycles. The van der Waals surface area contributed by atoms with E-state index in [9.17, 15) is 4.79 Å². The number of anilines is 6. The maximum absolute atomic E-state index is 13.2. The van der Waals surface area contributed by atoms with Crippen LogP contribution in [-0.4, -0.2) is 104 Å². The van der Waals surface area contributed by atoms with Gasteiger partial charge in [-0.15, -0.1) is 11.3 Å². The van der Waals surface area contributed by atoms with Crippen molar-refractivity contribution in [1.29, 1.82) is 0 Å². The number of methoxy groups -OCH3 is 1. The van der Waals surface area contributed by atoms with Crippen molar-refractivity contribution in [2.75, 3.05) is 87.5 Å². The third kappa shape index (κ3) is 5.31. The first-order valence-corrected chi connectivity index (χ1v) is 15.2. The van der Waals surface area contributed by atoms with E-state index in [1.165, 1.54) is 37.3 Å². The lowest BCUT2D eigenvalue weighted by Gasteiger charge is -2.42. The van der Waals surface area contributed by atoms with Gasteiger partial charge in [0.15, 0.2) is 11.5 Å². The number of hydrogen-bond donors (Lipinski definition) is 1. The highest BCUT2D eigenvalue weighted by atomic mass is 32.1. The van der Waals surface area contributed by atoms with Crippen molar-refractivity contribution in [1.82, 2.24) is 24.8 Å². The van der Waals surface area contributed by atoms with Gasteiger partial charge in [0.2, 0.25) is 5.95 Å². The molecule has 2 saturated heterocycles. The molecular formula is C29H39N9O2S. The SMILES string of the molecule is CCc1nc2c(s1)N(C)c1nc(Nc3ccc(N4CCC(N5CCN(C)CC5)CC4)cc3OC)ncc1N(C)C2=O. The summed E-state index contributed by atoms with van der Waals surface area (Å²) in [5, 5.41) is 5.06. The number of nitrogens with one attached hydrogen (secondary N) is 1. The lowest BCUT2D eigenvalue weighted by Crippen LogP contribution is -2.52. The van der Waals surface area contributed by atoms with E-state index < -0.39 is 0 Å². The normalized spacial score (nSPS) is 18.8. The molecule has 1 aromatic carbocycles. The highest BCUT2D eigenvalue weighted by molar-refractivity contribution is 7.16. The maximum Gasteiger partial charge on any atom is 0.279 e. The Morgan fingerprint density at radius 1 is 1.02 bits per heavy atom. The molecule has 41 heavy (non-hydrogen) atoms. The number of nitrogens with zero attached hydrogens (tertiary/aromatic N) is 8. The second kappa shape index (κ2) is 11.4. The van der Waals surface area contributed by atoms with Gasteiger partial charge in [-0.05, 0) is 38.4 Å². The maximum atomic E-state index is 13.2. The number of fused-ring (bicyclic) bond motifs is 2. The minimum Gasteiger partial charge on any atom is -0.494 e. The molecule has 12 heteroatoms. The van der Waals surface area contributed by atoms with E-state index in [0.717, 1.165) is 59.7 Å². The molecule has 1 amide bonds. The first-order chi connectivity index (χ1) is 19.9. The van der Waals surface area contributed by atoms with Gasteiger partial charge < -0.3 is 29.7 Å². The van der Waals surface area contributed by atoms with Crippen molar-refractivity contribution in [2.45, 2.75) is 32.2 Å². The minimum absolute atomic E-state index is 0.157. The Hall–Kier alpha value is -3.48. The topological polar surface area (TPSA) is 93.2 Å². The minimum atomic E-state index is -0.157. The Balaban J connectivity index is 1.18. The third-order valence-corrected chi connectivity index (χ3v) is 9.79. The van der Waals surface area contributed by atoms with Crippen LogP contribution in [0.1, 0.15) is 35.3 Å². The average Bonchev–Trinajstić information content (AvgIpc) is 3.43. The van der Waals surface area contributed by atoms with Gasteiger partial charge in [-0.3, -0.25) is 9.69 Å². The number of carbonyl (C=O) groups excluding carboxylic acids is 1. The second-order valence-electron chi connectivity index (χ2n) is 11.0. The summed E-state index contributed by atoms with van der Waals surface area (Å²) in [5.41, 5.74) is 3.04. The van der Waals surface area contributed by atoms with Gasteiger partial charge in [0.1, 0.15) is 16.4 Å². The molecule has 0 bridgehead atoms. The van der Waals surface area contributed by atoms with Crippen LogP contribution in [0.15, 0.2) is 24.4 Å². The number of rotatable bonds is 6. The fraction of sp³-hybridized carbons (Fsp3) is 0.517. The highest BCUT2D eigenvalue weighted by Crippen LogP contribution is 2.41. The average molecular weight is 578 g/mol. The summed E-state index contributed by atoms with van der Waals surface area (Å²) in [6.45, 7) is 8.80. The van der Waals surface area contributed by atoms with Gasteiger partial charge in [-0.2, -0.15) is 4.98 Å². The van der Waals surface area contributed by atoms with Crippen LogP contribution in [-0.2, 0) is 6.42 Å². The van der Waals surface area contributed by atoms with E-state index in [0.29, 0.717) is 29.2 Å². The number of aryl methyl sites for hydroxylation is 1. The molecule has 1 N–H and O–H groups in total. The van der Waals surface area contributed by atoms with Crippen LogP contribution in [0.4, 0.5) is 33.8 Å². The molecule has 5 heterocycles. The van der Waals surface area contributed by atoms with Gasteiger partial charge in [-0.1, -0.05) is 6.92 Å². The number of thiazole rings is 1. The number of piperazine rings is 1. The van der Waals surface area contributed by atoms with Crippen molar-refractivity contribution >= 4 is 51.1 Å². The molecule has 2 aromatic heterocycles. The molecule has 0 radical (unpaired) electrons. The molecule has 2 fully saturated rings. The summed E-state index contributed by atoms with van der Waals surface area (Å²) in [5.74, 6) is 1.65. The van der Waals surface area contributed by atoms with E-state index in [1.807, 2.05) is 24.9 Å². The number of amides is 1. The Morgan fingerprint density at radius 2 is 1.78 bits per heavy atom. The van der Waals surface area contributed by atoms with Crippen LogP contribution >= 0.6 is 11.3 Å². The van der Waals surface area contributed by atoms with Gasteiger partial charge in [0, 0.05) is 71.2 Å². The fourth-order valence-electron chi connectivity index (χ4n) is 5.92. The van der Waals surface area contributed by atoms with Gasteiger partial charge in [0.25, 0.3) is 5.91 Å². The highest BCUT2D eigenvalue weighted by Gasteiger charge is 2.33. The zero-order valence-electron chi connectivity index (χ0n) is 24.6. The molecule has 3 aromatic rings. The second-order valence-corrected chi connectivity index (χ2v) is 12.1. The molecule has 0 atom stereocenters. The summed E-state index contributed by atoms with van der Waals surface area (Å²) >= 11 is 1.52. The Bertz CT molecular complexity index is 1410. The summed E-state index contributed by atoms with van der Waals surface area (Å²) in [7, 11) is 7.55. The van der Waals surface area contributed by atoms with Crippen LogP contribution < -0.4 is 24.8 Å². The zero-order valence-corrected chi connectivity index (χ0v) is 25.4. The van der Waals surface area contributed by atoms with Crippen molar-refractivity contribution < 1.29 is 9.53 Å². The van der Waals surface area contributed by atoms with Crippen LogP contribution in [0.5, 0.6) is 5.75 Å². The van der Waals surface area contributed by atoms with E-state index in [1.54, 1.807) is 25.3 Å². The number of aromatic nitrogens is 3. The predicted octanol–water partition coefficient (Wildman–Crippen LogP) is 3.82. The number of piperidine rings is 1. The Labute approximate surface area is 245 Å². The standard InChI is InChI=1S/C29H39N9O2S/c1-6-24-32-25-27(39)35(3)22-18-30-29(33-26(22)36(4)28(25)41-24)31-21-8-7-20(17-23(21)40-5)37-11-9-19(10-12-37)38-15-13-34(2)14-16-38/h7-8,17-19H,6,9-16H2,1-5H3,(H,30,31,33). The Morgan fingerprint density at radius 3 is 2.49 bits per heavy atom. The monoisotopic (exact) mass is 577 g/mol. The van der Waals surface area contributed by atoms with Crippen LogP contribution in [0, 0.1) is 0 Å². The lowest BCUT2D eigenvalue weighted by atomic mass is 10.0. The first kappa shape index (κ1) is 27.7. The van der Waals surface area contributed by atoms with E-state index >= 15 is 0 Å². The summed E-state index contributed by atoms with van der Waals surface area (Å²) in [6, 6.07) is 6.94. The largest absolute Gasteiger partial charge is 0.494 e. The van der Waals surface area contributed by atoms with Crippen LogP contribution in [0.3, 0.4) is 0 Å². The summed E-state index contributed by atoms with van der Waals surface area (Å²) in [4.78, 5) is 38.2. The van der Waals surface area contributed by atoms with Crippen LogP contribution in [0.2, 0.25) is 0 Å². The molecule has 218 valence electrons. The van der Waals surface area contributed by atoms with E-state index in [-0.39, 0.29) is 5.91 Å². The van der Waals surface area contributed by atoms with E-state index in [2.05, 4.69) is 49.2 Å². The summed E-state index contributed by atoms with van der Waals surface area (Å²) in [6.07, 6.45) is 4.82. The molecule has 0 aliphatic carbocycles. The van der Waals surface area contributed by atoms with Crippen molar-refractivity contribution in [3.8, 4) is 5.75 Å². The number of likely N-dealkylation sites (N-methyl/N-ethyl adjacent to an activating group) is 1. The molecule has 3 aliphatic rings. The molecule has 0 spiro atoms. The fourth-order valence-corrected chi connectivity index (χ4v) is 6.88. The number of benzene rings is 1. The zero-order chi connectivity index (χ0) is 28.7. The number of hydrogen-bond acceptors (Lipinski definition) is 11. The number of ether oxygens (including phenoxy) is 1. The van der Waals surface area contributed by atoms with Crippen LogP contribution in [0.25, 0.3) is 0 Å². The molecular weight excluding hydrogens is 538 g/mol. The quantitative estimate of drug-likeness (QED) is 0.466. The molecule has 0 unspecified atom stereocenters. The van der Waals surface area contributed by atoms with Crippen molar-refractivity contribution in [3.63, 3.8) is 0 Å². The lowest BCUT2D eigenvalue weighted by molar-refractivity contribution is 0.0982. The molecule has 0 saturated carbocycles. The Kier molecular flexibility index (Phi) is 7.71. The summed E-state index contributed by atoms with van der Waals surface area (Å²) < 4.78 is 5.79. The predicted molar refractivity (Wildman–Crippen MR) is 165 cm³/mol. The van der Waals surface area contributed by atoms with Gasteiger partial charge in [-0.25, -0.2) is 9.97 Å². The molecule has 11 nitrogen and oxygen atoms in total. The number of carbonyl (C=O) groups is 1. The first-order valence-electron chi connectivity index (χ1n) is 14.4. The van der Waals surface area contributed by atoms with Gasteiger partial charge >= 0.3 is 0 Å².